The van der Waals surface area contributed by atoms with Crippen LogP contribution in [0, 0.1) is 23.0 Å². The molecule has 4 aliphatic rings. The summed E-state index contributed by atoms with van der Waals surface area (Å²) in [6, 6.07) is 6.19. The molecule has 2 amide bonds. The number of nitriles is 1. The molecule has 5 heterocycles. The standard InChI is InChI=1S/C45H54F3N7O5S/c1-9-54(32-15-18-55(24(32)2)42(57)60-44(6,7)8)38-29-19-28(25-11-12-25)33(35(48)36(29)50-40(51-38)58-23-45-16-10-17-53(45)22-26(46)20-45)27-13-14-31(47)37-34(27)30(21-49)39(61-37)52-41(56)59-43(3,4)5/h13-14,19,24-26,32H,9-12,15-18,20,22-23H2,1-8H3,(H,52,56)/t24-,26-,32-,45+/m1/s1. The largest absolute Gasteiger partial charge is 0.461 e. The van der Waals surface area contributed by atoms with Gasteiger partial charge in [-0.15, -0.1) is 11.3 Å². The maximum atomic E-state index is 18.0. The molecule has 61 heavy (non-hydrogen) atoms. The predicted octanol–water partition coefficient (Wildman–Crippen LogP) is 10.1. The van der Waals surface area contributed by atoms with E-state index in [2.05, 4.69) is 21.2 Å². The minimum atomic E-state index is -0.979. The number of ether oxygens (including phenoxy) is 3. The molecule has 1 saturated carbocycles. The summed E-state index contributed by atoms with van der Waals surface area (Å²) >= 11 is 0.883. The molecule has 4 fully saturated rings. The molecule has 8 rings (SSSR count). The number of benzene rings is 2. The van der Waals surface area contributed by atoms with E-state index >= 15 is 8.78 Å². The van der Waals surface area contributed by atoms with Crippen LogP contribution < -0.4 is 15.0 Å². The van der Waals surface area contributed by atoms with Crippen molar-refractivity contribution in [3.8, 4) is 23.2 Å². The number of anilines is 2. The van der Waals surface area contributed by atoms with E-state index < -0.39 is 46.7 Å². The number of hydrogen-bond donors (Lipinski definition) is 1. The SMILES string of the molecule is CCN(c1nc(OC[C@@]23CCCN2C[C@H](F)C3)nc2c(F)c(-c3ccc(F)c4sc(NC(=O)OC(C)(C)C)c(C#N)c34)c(C3CC3)cc12)[C@@H]1CCN(C(=O)OC(C)(C)C)[C@@H]1C. The fourth-order valence-electron chi connectivity index (χ4n) is 9.56. The van der Waals surface area contributed by atoms with Crippen LogP contribution in [0.25, 0.3) is 32.1 Å². The molecule has 2 aromatic carbocycles. The fraction of sp³-hybridized carbons (Fsp3) is 0.578. The van der Waals surface area contributed by atoms with E-state index in [-0.39, 0.29) is 67.9 Å². The third-order valence-corrected chi connectivity index (χ3v) is 13.4. The topological polar surface area (TPSA) is 133 Å². The van der Waals surface area contributed by atoms with E-state index in [1.54, 1.807) is 25.7 Å². The average Bonchev–Trinajstić information content (AvgIpc) is 3.53. The number of rotatable bonds is 9. The molecule has 326 valence electrons. The first-order chi connectivity index (χ1) is 28.8. The Balaban J connectivity index is 1.29. The van der Waals surface area contributed by atoms with E-state index in [1.807, 2.05) is 40.7 Å². The van der Waals surface area contributed by atoms with Gasteiger partial charge in [-0.2, -0.15) is 15.2 Å². The molecule has 4 aromatic rings. The molecule has 0 unspecified atom stereocenters. The van der Waals surface area contributed by atoms with Crippen molar-refractivity contribution in [1.82, 2.24) is 19.8 Å². The number of fused-ring (bicyclic) bond motifs is 3. The minimum Gasteiger partial charge on any atom is -0.461 e. The molecule has 3 saturated heterocycles. The Kier molecular flexibility index (Phi) is 11.1. The van der Waals surface area contributed by atoms with Gasteiger partial charge in [0.2, 0.25) is 0 Å². The highest BCUT2D eigenvalue weighted by Crippen LogP contribution is 2.51. The second-order valence-corrected chi connectivity index (χ2v) is 19.9. The highest BCUT2D eigenvalue weighted by atomic mass is 32.1. The highest BCUT2D eigenvalue weighted by Gasteiger charge is 2.50. The van der Waals surface area contributed by atoms with Crippen LogP contribution in [0.2, 0.25) is 0 Å². The second-order valence-electron chi connectivity index (χ2n) is 18.9. The zero-order valence-electron chi connectivity index (χ0n) is 36.1. The van der Waals surface area contributed by atoms with Crippen LogP contribution in [-0.2, 0) is 9.47 Å². The molecule has 1 aliphatic carbocycles. The first kappa shape index (κ1) is 42.8. The third kappa shape index (κ3) is 8.15. The Morgan fingerprint density at radius 2 is 1.82 bits per heavy atom. The zero-order chi connectivity index (χ0) is 43.8. The van der Waals surface area contributed by atoms with Gasteiger partial charge in [-0.05, 0) is 123 Å². The summed E-state index contributed by atoms with van der Waals surface area (Å²) in [5.41, 5.74) is -0.936. The zero-order valence-corrected chi connectivity index (χ0v) is 36.9. The van der Waals surface area contributed by atoms with E-state index in [0.29, 0.717) is 49.2 Å². The third-order valence-electron chi connectivity index (χ3n) is 12.3. The molecule has 0 radical (unpaired) electrons. The van der Waals surface area contributed by atoms with Crippen LogP contribution in [0.1, 0.15) is 111 Å². The predicted molar refractivity (Wildman–Crippen MR) is 229 cm³/mol. The van der Waals surface area contributed by atoms with Gasteiger partial charge in [-0.25, -0.2) is 22.8 Å². The van der Waals surface area contributed by atoms with Gasteiger partial charge in [0, 0.05) is 42.4 Å². The number of nitrogens with zero attached hydrogens (tertiary/aromatic N) is 6. The van der Waals surface area contributed by atoms with Crippen LogP contribution in [0.3, 0.4) is 0 Å². The molecule has 0 spiro atoms. The first-order valence-electron chi connectivity index (χ1n) is 21.3. The molecule has 4 atom stereocenters. The number of carbonyl (C=O) groups excluding carboxylic acids is 2. The summed E-state index contributed by atoms with van der Waals surface area (Å²) in [5.74, 6) is -0.907. The Labute approximate surface area is 358 Å². The molecule has 1 N–H and O–H groups in total. The summed E-state index contributed by atoms with van der Waals surface area (Å²) < 4.78 is 66.3. The van der Waals surface area contributed by atoms with Gasteiger partial charge in [0.05, 0.1) is 27.9 Å². The van der Waals surface area contributed by atoms with Crippen LogP contribution in [-0.4, -0.2) is 99.7 Å². The number of halogens is 3. The lowest BCUT2D eigenvalue weighted by Crippen LogP contribution is -2.47. The van der Waals surface area contributed by atoms with E-state index in [4.69, 9.17) is 24.2 Å². The minimum absolute atomic E-state index is 0.0148. The monoisotopic (exact) mass is 861 g/mol. The summed E-state index contributed by atoms with van der Waals surface area (Å²) in [7, 11) is 0. The molecule has 0 bridgehead atoms. The quantitative estimate of drug-likeness (QED) is 0.173. The van der Waals surface area contributed by atoms with Crippen LogP contribution in [0.4, 0.5) is 33.6 Å². The van der Waals surface area contributed by atoms with Crippen LogP contribution in [0.15, 0.2) is 18.2 Å². The normalized spacial score (nSPS) is 23.0. The van der Waals surface area contributed by atoms with Gasteiger partial charge in [0.25, 0.3) is 0 Å². The second kappa shape index (κ2) is 15.8. The number of carbonyl (C=O) groups is 2. The number of nitrogens with one attached hydrogen (secondary N) is 1. The van der Waals surface area contributed by atoms with Crippen molar-refractivity contribution in [2.24, 2.45) is 0 Å². The van der Waals surface area contributed by atoms with E-state index in [1.165, 1.54) is 12.1 Å². The van der Waals surface area contributed by atoms with E-state index in [0.717, 1.165) is 43.6 Å². The fourth-order valence-corrected chi connectivity index (χ4v) is 10.6. The number of amides is 2. The van der Waals surface area contributed by atoms with Crippen LogP contribution in [0.5, 0.6) is 6.01 Å². The molecule has 12 nitrogen and oxygen atoms in total. The lowest BCUT2D eigenvalue weighted by Gasteiger charge is -2.35. The Morgan fingerprint density at radius 1 is 1.08 bits per heavy atom. The Bertz CT molecular complexity index is 2440. The van der Waals surface area contributed by atoms with Crippen molar-refractivity contribution in [3.05, 3.63) is 41.0 Å². The van der Waals surface area contributed by atoms with Crippen molar-refractivity contribution >= 4 is 55.3 Å². The van der Waals surface area contributed by atoms with Crippen molar-refractivity contribution in [1.29, 1.82) is 5.26 Å². The van der Waals surface area contributed by atoms with Crippen molar-refractivity contribution in [3.63, 3.8) is 0 Å². The van der Waals surface area contributed by atoms with Gasteiger partial charge >= 0.3 is 18.2 Å². The summed E-state index contributed by atoms with van der Waals surface area (Å²) in [5, 5.41) is 13.8. The Morgan fingerprint density at radius 3 is 2.49 bits per heavy atom. The lowest BCUT2D eigenvalue weighted by molar-refractivity contribution is 0.0232. The molecule has 2 aromatic heterocycles. The van der Waals surface area contributed by atoms with Crippen molar-refractivity contribution < 1.29 is 37.0 Å². The van der Waals surface area contributed by atoms with Crippen molar-refractivity contribution in [2.75, 3.05) is 43.0 Å². The van der Waals surface area contributed by atoms with Gasteiger partial charge in [-0.1, -0.05) is 6.07 Å². The van der Waals surface area contributed by atoms with E-state index in [9.17, 15) is 19.2 Å². The molecule has 16 heteroatoms. The average molecular weight is 862 g/mol. The highest BCUT2D eigenvalue weighted by molar-refractivity contribution is 7.23. The lowest BCUT2D eigenvalue weighted by atomic mass is 9.90. The molecule has 3 aliphatic heterocycles. The number of hydrogen-bond acceptors (Lipinski definition) is 11. The maximum absolute atomic E-state index is 18.0. The molecular formula is C45H54F3N7O5S. The summed E-state index contributed by atoms with van der Waals surface area (Å²) in [6.07, 6.45) is 1.97. The number of thiophene rings is 1. The van der Waals surface area contributed by atoms with Gasteiger partial charge in [0.1, 0.15) is 52.2 Å². The number of alkyl halides is 1. The molecular weight excluding hydrogens is 808 g/mol. The summed E-state index contributed by atoms with van der Waals surface area (Å²) in [6.45, 7) is 16.7. The van der Waals surface area contributed by atoms with Gasteiger partial charge < -0.3 is 24.0 Å². The maximum Gasteiger partial charge on any atom is 0.412 e. The smallest absolute Gasteiger partial charge is 0.412 e. The Hall–Kier alpha value is -4.88. The number of likely N-dealkylation sites (tertiary alicyclic amines) is 1. The van der Waals surface area contributed by atoms with Gasteiger partial charge in [-0.3, -0.25) is 10.2 Å². The first-order valence-corrected chi connectivity index (χ1v) is 22.1. The van der Waals surface area contributed by atoms with Crippen LogP contribution >= 0.6 is 11.3 Å². The van der Waals surface area contributed by atoms with Gasteiger partial charge in [0.15, 0.2) is 5.82 Å². The summed E-state index contributed by atoms with van der Waals surface area (Å²) in [4.78, 5) is 41.9. The van der Waals surface area contributed by atoms with Crippen molar-refractivity contribution in [2.45, 2.75) is 135 Å². The number of likely N-dealkylation sites (N-methyl/N-ethyl adjacent to an activating group) is 1. The number of aromatic nitrogens is 2.